The van der Waals surface area contributed by atoms with Crippen LogP contribution in [0.25, 0.3) is 34.0 Å². The standard InChI is InChI=1S/C22H19F2NO5.C22H21NO5.C20H15F2NO5.C16H16BrNO4.C7H7BrO3.C6H5BrO3/c1-2-28-20(26)11-14-3-7-17(8-4-14)25-21(27)16-12-19(29-13-16)15-5-9-18(10-6-15)30-22(23)24;1-3-27-21(25)12-15-4-8-17(9-5-15)23-22(26)19-13-20(28-14(19)2)16-6-10-18(24)11-7-16;21-20(22)28-16-7-3-13(4-8-16)17-10-14(11-27-17)19(26)23-15-5-1-12(2-6-15)9-18(24)25;1-3-21-15(19)8-11-4-6-12(7-5-11)18-16(20)13-9-14(17)22-10(13)2;1-4-5(7(9)10-2)3-6(8)11-4;1-3-4(6(8)9)2-5(7)10-3/h3-10,12-13,22H,2,11H2,1H3,(H,25,27);4-11,13,24H,3,12H2,1-2H3,(H,23,26);1-8,10-11,20H,9H2,(H,23,26)(H,24,25);4-7,9H,3,8H2,1-2H3,(H,18,20);3H,1-2H3;2H,1H3,(H,8,9). The number of carboxylic acids is 2. The predicted octanol–water partition coefficient (Wildman–Crippen LogP) is 21.5. The minimum Gasteiger partial charge on any atom is -0.508 e. The number of carbonyl (C=O) groups excluding carboxylic acids is 8. The highest BCUT2D eigenvalue weighted by Gasteiger charge is 2.22. The number of esters is 4. The summed E-state index contributed by atoms with van der Waals surface area (Å²) >= 11 is 9.32. The fourth-order valence-electron chi connectivity index (χ4n) is 11.3. The number of methoxy groups -OCH3 is 1. The molecule has 36 heteroatoms. The van der Waals surface area contributed by atoms with Gasteiger partial charge in [0, 0.05) is 57.6 Å². The van der Waals surface area contributed by atoms with Crippen LogP contribution < -0.4 is 30.7 Å². The molecule has 0 aliphatic rings. The van der Waals surface area contributed by atoms with Crippen LogP contribution in [0.1, 0.15) is 128 Å². The maximum absolute atomic E-state index is 12.6. The Bertz CT molecular complexity index is 5940. The topological polar surface area (TPSA) is 414 Å². The van der Waals surface area contributed by atoms with Crippen molar-refractivity contribution >= 4 is 130 Å². The van der Waals surface area contributed by atoms with Gasteiger partial charge in [0.2, 0.25) is 0 Å². The molecule has 29 nitrogen and oxygen atoms in total. The zero-order valence-electron chi connectivity index (χ0n) is 69.9. The number of phenols is 1. The normalized spacial score (nSPS) is 10.4. The molecule has 0 fully saturated rings. The molecule has 13 rings (SSSR count). The van der Waals surface area contributed by atoms with Crippen LogP contribution >= 0.6 is 47.8 Å². The number of aromatic hydroxyl groups is 1. The lowest BCUT2D eigenvalue weighted by molar-refractivity contribution is -0.143. The number of hydrogen-bond acceptors (Lipinski definition) is 23. The van der Waals surface area contributed by atoms with Gasteiger partial charge in [-0.3, -0.25) is 38.4 Å². The van der Waals surface area contributed by atoms with Gasteiger partial charge in [0.25, 0.3) is 23.6 Å². The third-order valence-electron chi connectivity index (χ3n) is 17.5. The largest absolute Gasteiger partial charge is 0.508 e. The van der Waals surface area contributed by atoms with Crippen molar-refractivity contribution in [3.05, 3.63) is 311 Å². The summed E-state index contributed by atoms with van der Waals surface area (Å²) in [6, 6.07) is 55.1. The molecule has 0 saturated heterocycles. The summed E-state index contributed by atoms with van der Waals surface area (Å²) < 4.78 is 110. The number of amides is 4. The Kier molecular flexibility index (Phi) is 38.3. The van der Waals surface area contributed by atoms with E-state index in [1.54, 1.807) is 218 Å². The highest BCUT2D eigenvalue weighted by atomic mass is 79.9. The van der Waals surface area contributed by atoms with Crippen molar-refractivity contribution in [3.8, 4) is 51.2 Å². The fraction of sp³-hybridized carbons (Fsp3) is 0.183. The van der Waals surface area contributed by atoms with Crippen LogP contribution in [0.15, 0.2) is 259 Å². The molecule has 6 heterocycles. The number of alkyl halides is 4. The van der Waals surface area contributed by atoms with Gasteiger partial charge in [-0.15, -0.1) is 0 Å². The summed E-state index contributed by atoms with van der Waals surface area (Å²) in [6.45, 7) is 7.29. The van der Waals surface area contributed by atoms with Gasteiger partial charge in [0.05, 0.1) is 74.9 Å². The minimum atomic E-state index is -2.90. The van der Waals surface area contributed by atoms with Crippen molar-refractivity contribution < 1.29 is 136 Å². The van der Waals surface area contributed by atoms with E-state index in [0.29, 0.717) is 136 Å². The number of anilines is 4. The lowest BCUT2D eigenvalue weighted by atomic mass is 10.1. The van der Waals surface area contributed by atoms with E-state index in [-0.39, 0.29) is 95.7 Å². The van der Waals surface area contributed by atoms with E-state index in [0.717, 1.165) is 22.3 Å². The van der Waals surface area contributed by atoms with Gasteiger partial charge in [0.15, 0.2) is 14.0 Å². The molecule has 6 aromatic heterocycles. The second-order valence-corrected chi connectivity index (χ2v) is 29.2. The smallest absolute Gasteiger partial charge is 0.387 e. The second kappa shape index (κ2) is 49.4. The molecule has 0 aliphatic carbocycles. The van der Waals surface area contributed by atoms with E-state index in [1.165, 1.54) is 56.0 Å². The number of hydrogen-bond donors (Lipinski definition) is 7. The lowest BCUT2D eigenvalue weighted by Crippen LogP contribution is -2.12. The van der Waals surface area contributed by atoms with Crippen molar-refractivity contribution in [1.82, 2.24) is 0 Å². The fourth-order valence-corrected chi connectivity index (χ4v) is 12.7. The van der Waals surface area contributed by atoms with Gasteiger partial charge >= 0.3 is 49.0 Å². The van der Waals surface area contributed by atoms with Crippen molar-refractivity contribution in [2.24, 2.45) is 0 Å². The molecule has 0 saturated carbocycles. The summed E-state index contributed by atoms with van der Waals surface area (Å²) in [6.07, 6.45) is 3.07. The zero-order chi connectivity index (χ0) is 94.0. The van der Waals surface area contributed by atoms with Crippen LogP contribution in [0, 0.1) is 27.7 Å². The number of halogens is 7. The second-order valence-electron chi connectivity index (χ2n) is 26.8. The molecule has 674 valence electrons. The van der Waals surface area contributed by atoms with Crippen LogP contribution in [-0.4, -0.2) is 115 Å². The number of rotatable bonds is 28. The molecule has 0 unspecified atom stereocenters. The van der Waals surface area contributed by atoms with Crippen LogP contribution in [0.5, 0.6) is 17.2 Å². The quantitative estimate of drug-likeness (QED) is 0.0136. The first-order valence-electron chi connectivity index (χ1n) is 38.6. The van der Waals surface area contributed by atoms with Gasteiger partial charge in [-0.05, 0) is 258 Å². The Morgan fingerprint density at radius 3 is 0.977 bits per heavy atom. The Balaban J connectivity index is 0.000000198. The maximum Gasteiger partial charge on any atom is 0.387 e. The van der Waals surface area contributed by atoms with Gasteiger partial charge in [-0.2, -0.15) is 17.6 Å². The molecular weight excluding hydrogens is 1890 g/mol. The number of aryl methyl sites for hydroxylation is 4. The van der Waals surface area contributed by atoms with Crippen LogP contribution in [0.2, 0.25) is 0 Å². The summed E-state index contributed by atoms with van der Waals surface area (Å²) in [5, 5.41) is 37.7. The molecule has 13 aromatic rings. The molecule has 7 aromatic carbocycles. The molecule has 4 amide bonds. The molecule has 0 radical (unpaired) electrons. The average Bonchev–Trinajstić information content (AvgIpc) is 1.70. The van der Waals surface area contributed by atoms with Crippen molar-refractivity contribution in [2.45, 2.75) is 87.4 Å². The van der Waals surface area contributed by atoms with Crippen LogP contribution in [0.4, 0.5) is 40.3 Å². The monoisotopic (exact) mass is 1970 g/mol. The van der Waals surface area contributed by atoms with Gasteiger partial charge in [-0.25, -0.2) is 9.59 Å². The van der Waals surface area contributed by atoms with E-state index >= 15 is 0 Å². The number of phenolic OH excluding ortho intramolecular Hbond substituents is 1. The SMILES string of the molecule is CCOC(=O)Cc1ccc(NC(=O)c2cc(-c3ccc(O)cc3)oc2C)cc1.CCOC(=O)Cc1ccc(NC(=O)c2cc(Br)oc2C)cc1.CCOC(=O)Cc1ccc(NC(=O)c2coc(-c3ccc(OC(F)F)cc3)c2)cc1.COC(=O)c1cc(Br)oc1C.Cc1oc(Br)cc1C(=O)O.O=C(O)Cc1ccc(NC(=O)c2coc(-c3ccc(OC(F)F)cc3)c2)cc1. The first-order chi connectivity index (χ1) is 61.5. The third kappa shape index (κ3) is 32.4. The number of carboxylic acid groups (broad SMARTS) is 2. The van der Waals surface area contributed by atoms with E-state index in [2.05, 4.69) is 83.3 Å². The lowest BCUT2D eigenvalue weighted by Gasteiger charge is -2.06. The van der Waals surface area contributed by atoms with E-state index < -0.39 is 31.1 Å². The van der Waals surface area contributed by atoms with Crippen molar-refractivity contribution in [1.29, 1.82) is 0 Å². The van der Waals surface area contributed by atoms with Crippen molar-refractivity contribution in [3.63, 3.8) is 0 Å². The van der Waals surface area contributed by atoms with Crippen molar-refractivity contribution in [2.75, 3.05) is 48.2 Å². The number of aliphatic carboxylic acids is 1. The molecular formula is C93H83Br3F4N4O25. The Labute approximate surface area is 759 Å². The molecule has 7 N–H and O–H groups in total. The number of carbonyl (C=O) groups is 10. The van der Waals surface area contributed by atoms with E-state index in [4.69, 9.17) is 50.9 Å². The number of furan rings is 6. The number of benzene rings is 7. The molecule has 0 aliphatic heterocycles. The number of nitrogens with one attached hydrogen (secondary N) is 4. The zero-order valence-corrected chi connectivity index (χ0v) is 74.6. The Morgan fingerprint density at radius 1 is 0.372 bits per heavy atom. The van der Waals surface area contributed by atoms with Crippen LogP contribution in [0.3, 0.4) is 0 Å². The molecule has 0 spiro atoms. The molecule has 0 bridgehead atoms. The summed E-state index contributed by atoms with van der Waals surface area (Å²) in [5.74, 6) is -0.857. The molecule has 129 heavy (non-hydrogen) atoms. The third-order valence-corrected chi connectivity index (χ3v) is 18.6. The Hall–Kier alpha value is -14.5. The Morgan fingerprint density at radius 2 is 0.674 bits per heavy atom. The first-order valence-corrected chi connectivity index (χ1v) is 41.0. The number of ether oxygens (including phenoxy) is 6. The van der Waals surface area contributed by atoms with E-state index in [1.807, 2.05) is 0 Å². The summed E-state index contributed by atoms with van der Waals surface area (Å²) in [4.78, 5) is 116. The van der Waals surface area contributed by atoms with E-state index in [9.17, 15) is 70.6 Å². The average molecular weight is 1970 g/mol. The highest BCUT2D eigenvalue weighted by Crippen LogP contribution is 2.32. The predicted molar refractivity (Wildman–Crippen MR) is 474 cm³/mol. The van der Waals surface area contributed by atoms with Gasteiger partial charge in [0.1, 0.15) is 81.2 Å². The summed E-state index contributed by atoms with van der Waals surface area (Å²) in [5.41, 5.74) is 9.48. The van der Waals surface area contributed by atoms with Gasteiger partial charge < -0.3 is 91.5 Å². The minimum absolute atomic E-state index is 0.0228. The van der Waals surface area contributed by atoms with Gasteiger partial charge in [-0.1, -0.05) is 48.5 Å². The van der Waals surface area contributed by atoms with Crippen LogP contribution in [-0.2, 0) is 63.8 Å². The highest BCUT2D eigenvalue weighted by molar-refractivity contribution is 9.11. The summed E-state index contributed by atoms with van der Waals surface area (Å²) in [7, 11) is 1.34. The first kappa shape index (κ1) is 99.9. The maximum atomic E-state index is 12.6. The number of aromatic carboxylic acids is 1. The molecule has 0 atom stereocenters.